The largest absolute Gasteiger partial charge is 1.00 e. The van der Waals surface area contributed by atoms with Crippen LogP contribution in [0.2, 0.25) is 0 Å². The van der Waals surface area contributed by atoms with Crippen molar-refractivity contribution in [1.82, 2.24) is 0 Å². The van der Waals surface area contributed by atoms with Gasteiger partial charge in [-0.1, -0.05) is 13.8 Å². The number of rotatable bonds is 4. The predicted molar refractivity (Wildman–Crippen MR) is 52.8 cm³/mol. The zero-order chi connectivity index (χ0) is 8.24. The molecule has 0 saturated heterocycles. The van der Waals surface area contributed by atoms with Gasteiger partial charge in [0, 0.05) is 0 Å². The van der Waals surface area contributed by atoms with E-state index >= 15 is 0 Å². The molecule has 0 amide bonds. The van der Waals surface area contributed by atoms with E-state index < -0.39 is 0 Å². The molecule has 0 heterocycles. The Hall–Kier alpha value is 1.29. The van der Waals surface area contributed by atoms with E-state index in [1.165, 1.54) is 24.3 Å². The normalized spacial score (nSPS) is 6.67. The van der Waals surface area contributed by atoms with Gasteiger partial charge < -0.3 is 17.0 Å². The van der Waals surface area contributed by atoms with E-state index in [4.69, 9.17) is 10.0 Å². The van der Waals surface area contributed by atoms with Gasteiger partial charge in [-0.2, -0.15) is 11.8 Å². The van der Waals surface area contributed by atoms with Gasteiger partial charge in [0.1, 0.15) is 0 Å². The van der Waals surface area contributed by atoms with Crippen LogP contribution in [0.5, 0.6) is 0 Å². The van der Waals surface area contributed by atoms with Crippen molar-refractivity contribution < 1.29 is 46.5 Å². The molecule has 0 spiro atoms. The average Bonchev–Trinajstić information content (AvgIpc) is 1.91. The minimum absolute atomic E-state index is 0. The molecule has 0 aliphatic rings. The van der Waals surface area contributed by atoms with Crippen LogP contribution < -0.4 is 29.6 Å². The Morgan fingerprint density at radius 2 is 1.42 bits per heavy atom. The molecule has 0 saturated carbocycles. The molecule has 0 aromatic carbocycles. The smallest absolute Gasteiger partial charge is 1.00 e. The fourth-order valence-electron chi connectivity index (χ4n) is 0.391. The molecule has 6 heteroatoms. The van der Waals surface area contributed by atoms with Gasteiger partial charge in [0.15, 0.2) is 0 Å². The molecule has 1 radical (unpaired) electrons. The number of hydrogen-bond donors (Lipinski definition) is 2. The summed E-state index contributed by atoms with van der Waals surface area (Å²) in [6.45, 7) is 4.45. The Morgan fingerprint density at radius 1 is 1.17 bits per heavy atom. The first-order chi connectivity index (χ1) is 4.83. The van der Waals surface area contributed by atoms with Gasteiger partial charge in [-0.05, 0) is 24.3 Å². The molecule has 4 N–H and O–H groups in total. The Labute approximate surface area is 104 Å². The third-order valence-corrected chi connectivity index (χ3v) is 2.09. The Balaban J connectivity index is -0.0000000320. The van der Waals surface area contributed by atoms with Crippen LogP contribution in [0.4, 0.5) is 0 Å². The van der Waals surface area contributed by atoms with Crippen molar-refractivity contribution in [2.45, 2.75) is 26.7 Å². The molecular formula is C6H19BNaO3S. The third kappa shape index (κ3) is 42.7. The van der Waals surface area contributed by atoms with Crippen molar-refractivity contribution in [3.63, 3.8) is 0 Å². The summed E-state index contributed by atoms with van der Waals surface area (Å²) in [6.07, 6.45) is 2.65. The molecule has 3 nitrogen and oxygen atoms in total. The van der Waals surface area contributed by atoms with E-state index in [-0.39, 0.29) is 44.1 Å². The Kier molecular flexibility index (Phi) is 57.1. The summed E-state index contributed by atoms with van der Waals surface area (Å²) < 4.78 is 0. The maximum atomic E-state index is 7.00. The molecule has 0 aromatic rings. The maximum absolute atomic E-state index is 7.00. The summed E-state index contributed by atoms with van der Waals surface area (Å²) in [5.74, 6) is 2.68. The van der Waals surface area contributed by atoms with Crippen LogP contribution in [0.15, 0.2) is 0 Å². The van der Waals surface area contributed by atoms with E-state index in [2.05, 4.69) is 25.6 Å². The monoisotopic (exact) mass is 205 g/mol. The molecule has 0 aromatic heterocycles. The zero-order valence-corrected chi connectivity index (χ0v) is 11.0. The summed E-state index contributed by atoms with van der Waals surface area (Å²) in [5.41, 5.74) is 0. The molecule has 0 rings (SSSR count). The number of hydrogen-bond acceptors (Lipinski definition) is 3. The van der Waals surface area contributed by atoms with Gasteiger partial charge >= 0.3 is 37.2 Å². The molecule has 0 atom stereocenters. The van der Waals surface area contributed by atoms with Crippen LogP contribution in [-0.2, 0) is 0 Å². The van der Waals surface area contributed by atoms with Gasteiger partial charge in [0.05, 0.1) is 0 Å². The van der Waals surface area contributed by atoms with Gasteiger partial charge in [0.25, 0.3) is 0 Å². The molecule has 0 aliphatic heterocycles. The average molecular weight is 205 g/mol. The van der Waals surface area contributed by atoms with E-state index in [0.717, 1.165) is 0 Å². The van der Waals surface area contributed by atoms with Crippen LogP contribution in [0.3, 0.4) is 0 Å². The summed E-state index contributed by atoms with van der Waals surface area (Å²) in [4.78, 5) is 0. The molecule has 12 heavy (non-hydrogen) atoms. The fraction of sp³-hybridized carbons (Fsp3) is 1.00. The zero-order valence-electron chi connectivity index (χ0n) is 9.21. The van der Waals surface area contributed by atoms with Crippen molar-refractivity contribution in [1.29, 1.82) is 0 Å². The standard InChI is InChI=1S/C6H14S.BH2O2.Na.H2O.H/c1-3-5-7-6-4-2;2-1-3;;;/h3-6H2,1-2H3;2-3H;;1H2;/q;;+1;;-1. The van der Waals surface area contributed by atoms with Gasteiger partial charge in [-0.3, -0.25) is 0 Å². The van der Waals surface area contributed by atoms with Gasteiger partial charge in [-0.15, -0.1) is 0 Å². The molecule has 71 valence electrons. The van der Waals surface area contributed by atoms with Crippen LogP contribution in [0, 0.1) is 0 Å². The number of thioether (sulfide) groups is 1. The summed E-state index contributed by atoms with van der Waals surface area (Å²) >= 11 is 2.05. The van der Waals surface area contributed by atoms with Gasteiger partial charge in [0.2, 0.25) is 0 Å². The molecule has 0 aliphatic carbocycles. The third-order valence-electron chi connectivity index (χ3n) is 0.697. The van der Waals surface area contributed by atoms with Crippen LogP contribution in [-0.4, -0.2) is 34.7 Å². The van der Waals surface area contributed by atoms with E-state index in [9.17, 15) is 0 Å². The quantitative estimate of drug-likeness (QED) is 0.388. The second-order valence-corrected chi connectivity index (χ2v) is 2.95. The second-order valence-electron chi connectivity index (χ2n) is 1.73. The van der Waals surface area contributed by atoms with Crippen molar-refractivity contribution in [2.24, 2.45) is 0 Å². The van der Waals surface area contributed by atoms with Crippen molar-refractivity contribution in [3.8, 4) is 0 Å². The minimum Gasteiger partial charge on any atom is -1.00 e. The molecule has 0 fully saturated rings. The first kappa shape index (κ1) is 23.3. The van der Waals surface area contributed by atoms with Crippen molar-refractivity contribution >= 4 is 19.4 Å². The molecule has 0 unspecified atom stereocenters. The van der Waals surface area contributed by atoms with Crippen molar-refractivity contribution in [3.05, 3.63) is 0 Å². The first-order valence-electron chi connectivity index (χ1n) is 3.51. The summed E-state index contributed by atoms with van der Waals surface area (Å²) in [5, 5.41) is 14.0. The second kappa shape index (κ2) is 29.5. The van der Waals surface area contributed by atoms with Crippen molar-refractivity contribution in [2.75, 3.05) is 11.5 Å². The maximum Gasteiger partial charge on any atom is 1.00 e. The van der Waals surface area contributed by atoms with Crippen LogP contribution in [0.1, 0.15) is 28.1 Å². The Morgan fingerprint density at radius 3 is 1.58 bits per heavy atom. The SMILES string of the molecule is CCCSCCC.O.O[B]O.[H-].[Na+]. The summed E-state index contributed by atoms with van der Waals surface area (Å²) in [6, 6.07) is 0. The Bertz CT molecular complexity index is 54.9. The molecule has 0 bridgehead atoms. The predicted octanol–water partition coefficient (Wildman–Crippen LogP) is -2.66. The minimum atomic E-state index is 0. The first-order valence-corrected chi connectivity index (χ1v) is 4.66. The van der Waals surface area contributed by atoms with Crippen LogP contribution >= 0.6 is 11.8 Å². The summed E-state index contributed by atoms with van der Waals surface area (Å²) in [7, 11) is 0. The van der Waals surface area contributed by atoms with E-state index in [0.29, 0.717) is 0 Å². The van der Waals surface area contributed by atoms with Gasteiger partial charge in [-0.25, -0.2) is 0 Å². The van der Waals surface area contributed by atoms with Crippen LogP contribution in [0.25, 0.3) is 0 Å². The topological polar surface area (TPSA) is 72.0 Å². The molecular weight excluding hydrogens is 186 g/mol. The fourth-order valence-corrected chi connectivity index (χ4v) is 1.17. The van der Waals surface area contributed by atoms with E-state index in [1.54, 1.807) is 0 Å². The van der Waals surface area contributed by atoms with E-state index in [1.807, 2.05) is 0 Å².